The number of aryl methyl sites for hydroxylation is 1. The second-order valence-corrected chi connectivity index (χ2v) is 7.69. The van der Waals surface area contributed by atoms with Crippen LogP contribution in [0.25, 0.3) is 27.7 Å². The van der Waals surface area contributed by atoms with Gasteiger partial charge >= 0.3 is 0 Å². The van der Waals surface area contributed by atoms with Gasteiger partial charge in [0.15, 0.2) is 5.69 Å². The van der Waals surface area contributed by atoms with Gasteiger partial charge < -0.3 is 5.32 Å². The van der Waals surface area contributed by atoms with Crippen LogP contribution in [-0.4, -0.2) is 15.7 Å². The molecule has 4 aromatic carbocycles. The molecule has 1 amide bonds. The van der Waals surface area contributed by atoms with Crippen LogP contribution in [-0.2, 0) is 0 Å². The van der Waals surface area contributed by atoms with Gasteiger partial charge in [-0.1, -0.05) is 54.1 Å². The van der Waals surface area contributed by atoms with E-state index < -0.39 is 0 Å². The van der Waals surface area contributed by atoms with Crippen molar-refractivity contribution < 1.29 is 9.18 Å². The minimum absolute atomic E-state index is 0.276. The van der Waals surface area contributed by atoms with Gasteiger partial charge in [-0.15, -0.1) is 0 Å². The number of carbonyl (C=O) groups excluding carboxylic acids is 1. The number of aromatic nitrogens is 2. The average molecular weight is 421 g/mol. The van der Waals surface area contributed by atoms with E-state index in [-0.39, 0.29) is 17.4 Å². The Bertz CT molecular complexity index is 1420. The van der Waals surface area contributed by atoms with E-state index in [1.165, 1.54) is 24.3 Å². The zero-order valence-corrected chi connectivity index (χ0v) is 17.4. The lowest BCUT2D eigenvalue weighted by Crippen LogP contribution is -2.13. The number of amides is 1. The molecular weight excluding hydrogens is 401 g/mol. The van der Waals surface area contributed by atoms with Gasteiger partial charge in [0.25, 0.3) is 5.91 Å². The molecule has 0 aliphatic heterocycles. The van der Waals surface area contributed by atoms with Gasteiger partial charge in [0, 0.05) is 11.3 Å². The summed E-state index contributed by atoms with van der Waals surface area (Å²) in [6.45, 7) is 2.03. The van der Waals surface area contributed by atoms with Crippen LogP contribution in [0.15, 0.2) is 97.1 Å². The van der Waals surface area contributed by atoms with Gasteiger partial charge in [0.2, 0.25) is 0 Å². The number of benzene rings is 4. The highest BCUT2D eigenvalue weighted by atomic mass is 19.1. The molecule has 5 rings (SSSR count). The van der Waals surface area contributed by atoms with Crippen LogP contribution in [0.3, 0.4) is 0 Å². The summed E-state index contributed by atoms with van der Waals surface area (Å²) in [6.07, 6.45) is 0. The fourth-order valence-electron chi connectivity index (χ4n) is 3.66. The van der Waals surface area contributed by atoms with Crippen molar-refractivity contribution in [1.29, 1.82) is 0 Å². The van der Waals surface area contributed by atoms with Crippen LogP contribution in [0.4, 0.5) is 10.1 Å². The molecule has 0 bridgehead atoms. The summed E-state index contributed by atoms with van der Waals surface area (Å²) in [4.78, 5) is 12.9. The lowest BCUT2D eigenvalue weighted by Gasteiger charge is -2.09. The van der Waals surface area contributed by atoms with E-state index in [9.17, 15) is 9.18 Å². The zero-order chi connectivity index (χ0) is 22.1. The summed E-state index contributed by atoms with van der Waals surface area (Å²) in [5.41, 5.74) is 4.55. The van der Waals surface area contributed by atoms with Crippen LogP contribution in [0.5, 0.6) is 0 Å². The highest BCUT2D eigenvalue weighted by Gasteiger charge is 2.17. The molecule has 0 radical (unpaired) electrons. The van der Waals surface area contributed by atoms with Crippen LogP contribution in [0.2, 0.25) is 0 Å². The van der Waals surface area contributed by atoms with Gasteiger partial charge in [-0.25, -0.2) is 9.07 Å². The molecule has 1 heterocycles. The molecule has 5 aromatic rings. The highest BCUT2D eigenvalue weighted by Crippen LogP contribution is 2.28. The minimum Gasteiger partial charge on any atom is -0.321 e. The smallest absolute Gasteiger partial charge is 0.276 e. The zero-order valence-electron chi connectivity index (χ0n) is 17.4. The molecule has 0 spiro atoms. The van der Waals surface area contributed by atoms with Crippen LogP contribution in [0.1, 0.15) is 16.1 Å². The molecule has 0 saturated heterocycles. The van der Waals surface area contributed by atoms with Crippen molar-refractivity contribution in [2.75, 3.05) is 5.32 Å². The van der Waals surface area contributed by atoms with E-state index in [1.54, 1.807) is 10.7 Å². The first kappa shape index (κ1) is 19.7. The number of hydrogen-bond acceptors (Lipinski definition) is 2. The van der Waals surface area contributed by atoms with E-state index in [1.807, 2.05) is 49.4 Å². The minimum atomic E-state index is -0.357. The normalized spacial score (nSPS) is 10.9. The van der Waals surface area contributed by atoms with Crippen molar-refractivity contribution >= 4 is 22.4 Å². The average Bonchev–Trinajstić information content (AvgIpc) is 3.26. The molecule has 4 nitrogen and oxygen atoms in total. The Labute approximate surface area is 184 Å². The predicted molar refractivity (Wildman–Crippen MR) is 126 cm³/mol. The second-order valence-electron chi connectivity index (χ2n) is 7.69. The van der Waals surface area contributed by atoms with Gasteiger partial charge in [0.1, 0.15) is 5.82 Å². The summed E-state index contributed by atoms with van der Waals surface area (Å²) >= 11 is 0. The molecule has 156 valence electrons. The number of halogens is 1. The Morgan fingerprint density at radius 1 is 0.844 bits per heavy atom. The maximum Gasteiger partial charge on any atom is 0.276 e. The Kier molecular flexibility index (Phi) is 5.00. The highest BCUT2D eigenvalue weighted by molar-refractivity contribution is 6.03. The van der Waals surface area contributed by atoms with Crippen LogP contribution in [0, 0.1) is 12.7 Å². The van der Waals surface area contributed by atoms with E-state index in [4.69, 9.17) is 0 Å². The second kappa shape index (κ2) is 8.12. The lowest BCUT2D eigenvalue weighted by atomic mass is 10.0. The van der Waals surface area contributed by atoms with E-state index in [0.29, 0.717) is 5.69 Å². The van der Waals surface area contributed by atoms with E-state index in [2.05, 4.69) is 34.7 Å². The molecule has 0 aliphatic carbocycles. The third-order valence-electron chi connectivity index (χ3n) is 5.37. The Morgan fingerprint density at radius 2 is 1.56 bits per heavy atom. The number of rotatable bonds is 4. The van der Waals surface area contributed by atoms with E-state index in [0.717, 1.165) is 33.3 Å². The summed E-state index contributed by atoms with van der Waals surface area (Å²) in [5, 5.41) is 9.65. The number of nitrogens with zero attached hydrogens (tertiary/aromatic N) is 2. The van der Waals surface area contributed by atoms with Crippen LogP contribution >= 0.6 is 0 Å². The summed E-state index contributed by atoms with van der Waals surface area (Å²) in [7, 11) is 0. The van der Waals surface area contributed by atoms with Crippen molar-refractivity contribution in [3.8, 4) is 16.9 Å². The fourth-order valence-corrected chi connectivity index (χ4v) is 3.66. The fraction of sp³-hybridized carbons (Fsp3) is 0.0370. The first-order valence-electron chi connectivity index (χ1n) is 10.3. The molecule has 0 unspecified atom stereocenters. The SMILES string of the molecule is Cc1ccc(-n2nc(C(=O)Nc3ccc(F)cc3)cc2-c2ccc3ccccc3c2)cc1. The number of nitrogens with one attached hydrogen (secondary N) is 1. The quantitative estimate of drug-likeness (QED) is 0.365. The van der Waals surface area contributed by atoms with Crippen molar-refractivity contribution in [2.45, 2.75) is 6.92 Å². The number of carbonyl (C=O) groups is 1. The van der Waals surface area contributed by atoms with Gasteiger partial charge in [0.05, 0.1) is 11.4 Å². The molecule has 5 heteroatoms. The number of hydrogen-bond donors (Lipinski definition) is 1. The monoisotopic (exact) mass is 421 g/mol. The van der Waals surface area contributed by atoms with Gasteiger partial charge in [-0.2, -0.15) is 5.10 Å². The standard InChI is InChI=1S/C27H20FN3O/c1-18-6-14-24(15-7-18)31-26(21-9-8-19-4-2-3-5-20(19)16-21)17-25(30-31)27(32)29-23-12-10-22(28)11-13-23/h2-17H,1H3,(H,29,32). The van der Waals surface area contributed by atoms with Gasteiger partial charge in [-0.3, -0.25) is 4.79 Å². The van der Waals surface area contributed by atoms with Crippen molar-refractivity contribution in [3.05, 3.63) is 114 Å². The first-order chi connectivity index (χ1) is 15.6. The van der Waals surface area contributed by atoms with E-state index >= 15 is 0 Å². The third kappa shape index (κ3) is 3.88. The lowest BCUT2D eigenvalue weighted by molar-refractivity contribution is 0.102. The Balaban J connectivity index is 1.59. The maximum atomic E-state index is 13.2. The van der Waals surface area contributed by atoms with Crippen molar-refractivity contribution in [1.82, 2.24) is 9.78 Å². The number of anilines is 1. The largest absolute Gasteiger partial charge is 0.321 e. The molecule has 1 N–H and O–H groups in total. The summed E-state index contributed by atoms with van der Waals surface area (Å²) in [6, 6.07) is 29.8. The first-order valence-corrected chi connectivity index (χ1v) is 10.3. The summed E-state index contributed by atoms with van der Waals surface area (Å²) in [5.74, 6) is -0.713. The Morgan fingerprint density at radius 3 is 2.31 bits per heavy atom. The van der Waals surface area contributed by atoms with Crippen molar-refractivity contribution in [3.63, 3.8) is 0 Å². The summed E-state index contributed by atoms with van der Waals surface area (Å²) < 4.78 is 15.0. The number of fused-ring (bicyclic) bond motifs is 1. The molecule has 0 fully saturated rings. The van der Waals surface area contributed by atoms with Gasteiger partial charge in [-0.05, 0) is 66.2 Å². The molecular formula is C27H20FN3O. The molecule has 1 aromatic heterocycles. The van der Waals surface area contributed by atoms with Crippen molar-refractivity contribution in [2.24, 2.45) is 0 Å². The molecule has 0 atom stereocenters. The predicted octanol–water partition coefficient (Wildman–Crippen LogP) is 6.39. The molecule has 32 heavy (non-hydrogen) atoms. The Hall–Kier alpha value is -4.25. The van der Waals surface area contributed by atoms with Crippen LogP contribution < -0.4 is 5.32 Å². The molecule has 0 aliphatic rings. The maximum absolute atomic E-state index is 13.2. The molecule has 0 saturated carbocycles. The topological polar surface area (TPSA) is 46.9 Å². The third-order valence-corrected chi connectivity index (χ3v) is 5.37.